The molecule has 0 heterocycles. The van der Waals surface area contributed by atoms with Crippen LogP contribution in [-0.2, 0) is 6.54 Å². The van der Waals surface area contributed by atoms with Crippen molar-refractivity contribution < 1.29 is 0 Å². The highest BCUT2D eigenvalue weighted by Gasteiger charge is 2.00. The first kappa shape index (κ1) is 11.2. The summed E-state index contributed by atoms with van der Waals surface area (Å²) in [4.78, 5) is 0. The molecule has 1 nitrogen and oxygen atoms in total. The van der Waals surface area contributed by atoms with Crippen LogP contribution in [-0.4, -0.2) is 6.04 Å². The molecule has 0 aromatic heterocycles. The predicted octanol–water partition coefficient (Wildman–Crippen LogP) is 3.71. The first-order valence-corrected chi connectivity index (χ1v) is 5.85. The van der Waals surface area contributed by atoms with Crippen molar-refractivity contribution in [3.8, 4) is 0 Å². The normalized spacial score (nSPS) is 10.8. The smallest absolute Gasteiger partial charge is 0.0221 e. The highest BCUT2D eigenvalue weighted by atomic mass is 79.9. The highest BCUT2D eigenvalue weighted by molar-refractivity contribution is 9.11. The van der Waals surface area contributed by atoms with Crippen molar-refractivity contribution in [1.29, 1.82) is 0 Å². The van der Waals surface area contributed by atoms with E-state index in [-0.39, 0.29) is 0 Å². The lowest BCUT2D eigenvalue weighted by molar-refractivity contribution is 0.588. The minimum Gasteiger partial charge on any atom is -0.310 e. The molecule has 0 amide bonds. The van der Waals surface area contributed by atoms with E-state index in [9.17, 15) is 0 Å². The third-order valence-electron chi connectivity index (χ3n) is 1.71. The number of nitrogens with one attached hydrogen (secondary N) is 1. The van der Waals surface area contributed by atoms with Crippen LogP contribution in [0, 0.1) is 0 Å². The summed E-state index contributed by atoms with van der Waals surface area (Å²) in [6, 6.07) is 6.73. The third-order valence-corrected chi connectivity index (χ3v) is 2.98. The van der Waals surface area contributed by atoms with Gasteiger partial charge in [-0.3, -0.25) is 0 Å². The van der Waals surface area contributed by atoms with Crippen LogP contribution in [0.1, 0.15) is 19.4 Å². The second-order valence-corrected chi connectivity index (χ2v) is 5.04. The van der Waals surface area contributed by atoms with Gasteiger partial charge in [0.1, 0.15) is 0 Å². The Morgan fingerprint density at radius 3 is 2.62 bits per heavy atom. The van der Waals surface area contributed by atoms with Crippen molar-refractivity contribution in [1.82, 2.24) is 5.32 Å². The maximum absolute atomic E-state index is 3.52. The second kappa shape index (κ2) is 5.13. The Hall–Kier alpha value is 0.140. The molecule has 0 saturated carbocycles. The average Bonchev–Trinajstić information content (AvgIpc) is 2.06. The Kier molecular flexibility index (Phi) is 4.42. The minimum atomic E-state index is 0.519. The molecule has 0 unspecified atom stereocenters. The van der Waals surface area contributed by atoms with E-state index < -0.39 is 0 Å². The molecule has 13 heavy (non-hydrogen) atoms. The molecular weight excluding hydrogens is 294 g/mol. The van der Waals surface area contributed by atoms with Gasteiger partial charge in [0.15, 0.2) is 0 Å². The van der Waals surface area contributed by atoms with E-state index in [2.05, 4.69) is 63.2 Å². The van der Waals surface area contributed by atoms with Crippen LogP contribution in [0.5, 0.6) is 0 Å². The molecule has 0 aliphatic carbocycles. The molecule has 1 aromatic carbocycles. The van der Waals surface area contributed by atoms with Crippen molar-refractivity contribution in [3.05, 3.63) is 32.7 Å². The fourth-order valence-corrected chi connectivity index (χ4v) is 1.79. The maximum Gasteiger partial charge on any atom is 0.0221 e. The number of rotatable bonds is 3. The second-order valence-electron chi connectivity index (χ2n) is 3.27. The molecule has 1 rings (SSSR count). The van der Waals surface area contributed by atoms with Crippen molar-refractivity contribution in [2.24, 2.45) is 0 Å². The van der Waals surface area contributed by atoms with Crippen molar-refractivity contribution in [2.75, 3.05) is 0 Å². The fourth-order valence-electron chi connectivity index (χ4n) is 0.993. The van der Waals surface area contributed by atoms with Gasteiger partial charge in [0.2, 0.25) is 0 Å². The van der Waals surface area contributed by atoms with Crippen LogP contribution >= 0.6 is 31.9 Å². The summed E-state index contributed by atoms with van der Waals surface area (Å²) in [7, 11) is 0. The monoisotopic (exact) mass is 305 g/mol. The van der Waals surface area contributed by atoms with Gasteiger partial charge in [0.05, 0.1) is 0 Å². The molecule has 3 heteroatoms. The third kappa shape index (κ3) is 3.79. The molecule has 0 aliphatic heterocycles. The first-order valence-electron chi connectivity index (χ1n) is 4.27. The zero-order valence-electron chi connectivity index (χ0n) is 7.77. The van der Waals surface area contributed by atoms with Crippen LogP contribution in [0.4, 0.5) is 0 Å². The Balaban J connectivity index is 2.70. The van der Waals surface area contributed by atoms with E-state index >= 15 is 0 Å². The Labute approximate surface area is 96.2 Å². The van der Waals surface area contributed by atoms with Gasteiger partial charge in [0, 0.05) is 21.5 Å². The number of hydrogen-bond donors (Lipinski definition) is 1. The van der Waals surface area contributed by atoms with E-state index in [0.717, 1.165) is 15.5 Å². The van der Waals surface area contributed by atoms with E-state index in [1.165, 1.54) is 5.56 Å². The lowest BCUT2D eigenvalue weighted by Crippen LogP contribution is -2.21. The molecule has 72 valence electrons. The molecule has 1 N–H and O–H groups in total. The number of hydrogen-bond acceptors (Lipinski definition) is 1. The van der Waals surface area contributed by atoms with Gasteiger partial charge >= 0.3 is 0 Å². The van der Waals surface area contributed by atoms with E-state index in [1.54, 1.807) is 0 Å². The van der Waals surface area contributed by atoms with Gasteiger partial charge < -0.3 is 5.32 Å². The van der Waals surface area contributed by atoms with Crippen molar-refractivity contribution in [2.45, 2.75) is 26.4 Å². The van der Waals surface area contributed by atoms with Gasteiger partial charge in [-0.15, -0.1) is 0 Å². The summed E-state index contributed by atoms with van der Waals surface area (Å²) in [6.07, 6.45) is 0. The number of benzene rings is 1. The van der Waals surface area contributed by atoms with E-state index in [0.29, 0.717) is 6.04 Å². The van der Waals surface area contributed by atoms with Gasteiger partial charge in [0.25, 0.3) is 0 Å². The zero-order valence-corrected chi connectivity index (χ0v) is 10.9. The quantitative estimate of drug-likeness (QED) is 0.897. The Morgan fingerprint density at radius 2 is 2.00 bits per heavy atom. The fraction of sp³-hybridized carbons (Fsp3) is 0.400. The minimum absolute atomic E-state index is 0.519. The Morgan fingerprint density at radius 1 is 1.31 bits per heavy atom. The zero-order chi connectivity index (χ0) is 9.84. The average molecular weight is 307 g/mol. The molecule has 0 atom stereocenters. The Bertz CT molecular complexity index is 284. The summed E-state index contributed by atoms with van der Waals surface area (Å²) >= 11 is 6.97. The van der Waals surface area contributed by atoms with Crippen LogP contribution in [0.2, 0.25) is 0 Å². The van der Waals surface area contributed by atoms with Gasteiger partial charge in [-0.1, -0.05) is 45.7 Å². The molecule has 1 aromatic rings. The van der Waals surface area contributed by atoms with Crippen LogP contribution in [0.25, 0.3) is 0 Å². The van der Waals surface area contributed by atoms with E-state index in [1.807, 2.05) is 6.07 Å². The van der Waals surface area contributed by atoms with Gasteiger partial charge in [-0.2, -0.15) is 0 Å². The summed E-state index contributed by atoms with van der Waals surface area (Å²) in [6.45, 7) is 5.19. The topological polar surface area (TPSA) is 12.0 Å². The van der Waals surface area contributed by atoms with Gasteiger partial charge in [-0.25, -0.2) is 0 Å². The van der Waals surface area contributed by atoms with Crippen LogP contribution in [0.15, 0.2) is 27.1 Å². The predicted molar refractivity (Wildman–Crippen MR) is 63.8 cm³/mol. The molecule has 0 spiro atoms. The summed E-state index contributed by atoms with van der Waals surface area (Å²) in [5.74, 6) is 0. The standard InChI is InChI=1S/C10H13Br2N/c1-7(2)13-6-8-5-9(11)3-4-10(8)12/h3-5,7,13H,6H2,1-2H3. The maximum atomic E-state index is 3.52. The summed E-state index contributed by atoms with van der Waals surface area (Å²) < 4.78 is 2.28. The summed E-state index contributed by atoms with van der Waals surface area (Å²) in [5.41, 5.74) is 1.28. The molecule has 0 saturated heterocycles. The lowest BCUT2D eigenvalue weighted by Gasteiger charge is -2.09. The van der Waals surface area contributed by atoms with E-state index in [4.69, 9.17) is 0 Å². The molecular formula is C10H13Br2N. The molecule has 0 fully saturated rings. The van der Waals surface area contributed by atoms with Gasteiger partial charge in [-0.05, 0) is 23.8 Å². The lowest BCUT2D eigenvalue weighted by atomic mass is 10.2. The molecule has 0 aliphatic rings. The molecule has 0 bridgehead atoms. The molecule has 0 radical (unpaired) electrons. The van der Waals surface area contributed by atoms with Crippen molar-refractivity contribution >= 4 is 31.9 Å². The van der Waals surface area contributed by atoms with Crippen molar-refractivity contribution in [3.63, 3.8) is 0 Å². The number of halogens is 2. The highest BCUT2D eigenvalue weighted by Crippen LogP contribution is 2.21. The SMILES string of the molecule is CC(C)NCc1cc(Br)ccc1Br. The van der Waals surface area contributed by atoms with Crippen LogP contribution in [0.3, 0.4) is 0 Å². The largest absolute Gasteiger partial charge is 0.310 e. The van der Waals surface area contributed by atoms with Crippen LogP contribution < -0.4 is 5.32 Å². The first-order chi connectivity index (χ1) is 6.09. The summed E-state index contributed by atoms with van der Waals surface area (Å²) in [5, 5.41) is 3.38.